The van der Waals surface area contributed by atoms with Gasteiger partial charge in [-0.1, -0.05) is 36.4 Å². The second kappa shape index (κ2) is 16.4. The molecule has 266 valence electrons. The molecule has 1 atom stereocenters. The fourth-order valence-electron chi connectivity index (χ4n) is 6.72. The first-order valence-corrected chi connectivity index (χ1v) is 17.3. The third-order valence-corrected chi connectivity index (χ3v) is 9.76. The number of likely N-dealkylation sites (N-methyl/N-ethyl adjacent to an activating group) is 1. The molecule has 3 aromatic carbocycles. The molecule has 1 saturated carbocycles. The van der Waals surface area contributed by atoms with E-state index in [-0.39, 0.29) is 36.0 Å². The summed E-state index contributed by atoms with van der Waals surface area (Å²) in [5.41, 5.74) is 4.57. The summed E-state index contributed by atoms with van der Waals surface area (Å²) in [6.45, 7) is 3.43. The molecular weight excluding hydrogens is 650 g/mol. The lowest BCUT2D eigenvalue weighted by atomic mass is 9.81. The molecule has 0 spiro atoms. The molecule has 4 amide bonds. The number of carbonyl (C=O) groups excluding carboxylic acids is 3. The van der Waals surface area contributed by atoms with Gasteiger partial charge in [-0.15, -0.1) is 5.10 Å². The van der Waals surface area contributed by atoms with E-state index in [1.807, 2.05) is 53.4 Å². The van der Waals surface area contributed by atoms with Gasteiger partial charge in [0.2, 0.25) is 11.8 Å². The number of tetrazole rings is 1. The highest BCUT2D eigenvalue weighted by molar-refractivity contribution is 5.98. The number of carboxylic acid groups (broad SMARTS) is 1. The first kappa shape index (κ1) is 35.2. The number of amides is 4. The Morgan fingerprint density at radius 3 is 2.27 bits per heavy atom. The minimum Gasteiger partial charge on any atom is -0.465 e. The van der Waals surface area contributed by atoms with Gasteiger partial charge in [0.15, 0.2) is 5.82 Å². The van der Waals surface area contributed by atoms with Crippen molar-refractivity contribution in [3.05, 3.63) is 83.9 Å². The number of nitrogens with zero attached hydrogens (tertiary/aromatic N) is 5. The summed E-state index contributed by atoms with van der Waals surface area (Å²) in [6.07, 6.45) is 1.86. The van der Waals surface area contributed by atoms with Gasteiger partial charge in [-0.2, -0.15) is 0 Å². The van der Waals surface area contributed by atoms with E-state index in [9.17, 15) is 19.2 Å². The van der Waals surface area contributed by atoms with E-state index >= 15 is 0 Å². The third-order valence-electron chi connectivity index (χ3n) is 9.76. The van der Waals surface area contributed by atoms with Gasteiger partial charge in [0, 0.05) is 61.9 Å². The summed E-state index contributed by atoms with van der Waals surface area (Å²) >= 11 is 0. The van der Waals surface area contributed by atoms with Crippen molar-refractivity contribution in [2.24, 2.45) is 11.8 Å². The number of rotatable bonds is 11. The number of nitrogens with one attached hydrogen (secondary N) is 4. The van der Waals surface area contributed by atoms with Crippen LogP contribution in [0.15, 0.2) is 72.8 Å². The van der Waals surface area contributed by atoms with Crippen molar-refractivity contribution in [3.8, 4) is 22.5 Å². The Bertz CT molecular complexity index is 1820. The lowest BCUT2D eigenvalue weighted by Gasteiger charge is -2.32. The van der Waals surface area contributed by atoms with Crippen molar-refractivity contribution in [3.63, 3.8) is 0 Å². The molecule has 5 N–H and O–H groups in total. The predicted molar refractivity (Wildman–Crippen MR) is 191 cm³/mol. The van der Waals surface area contributed by atoms with Gasteiger partial charge >= 0.3 is 6.09 Å². The minimum absolute atomic E-state index is 0.0123. The van der Waals surface area contributed by atoms with Crippen molar-refractivity contribution >= 4 is 29.5 Å². The molecule has 2 heterocycles. The summed E-state index contributed by atoms with van der Waals surface area (Å²) < 4.78 is 0. The van der Waals surface area contributed by atoms with Crippen LogP contribution in [0.2, 0.25) is 0 Å². The molecule has 0 bridgehead atoms. The number of anilines is 1. The van der Waals surface area contributed by atoms with E-state index in [2.05, 4.69) is 48.5 Å². The molecule has 6 rings (SSSR count). The van der Waals surface area contributed by atoms with Crippen molar-refractivity contribution in [2.45, 2.75) is 38.1 Å². The summed E-state index contributed by atoms with van der Waals surface area (Å²) in [4.78, 5) is 55.7. The van der Waals surface area contributed by atoms with Gasteiger partial charge in [-0.05, 0) is 102 Å². The monoisotopic (exact) mass is 693 g/mol. The zero-order valence-corrected chi connectivity index (χ0v) is 28.5. The van der Waals surface area contributed by atoms with E-state index < -0.39 is 12.1 Å². The molecule has 0 unspecified atom stereocenters. The molecule has 1 aromatic heterocycles. The van der Waals surface area contributed by atoms with Gasteiger partial charge in [-0.25, -0.2) is 9.89 Å². The molecule has 51 heavy (non-hydrogen) atoms. The molecular formula is C37H43N9O5. The number of H-pyrrole nitrogens is 1. The number of hydrogen-bond donors (Lipinski definition) is 5. The molecule has 14 nitrogen and oxygen atoms in total. The summed E-state index contributed by atoms with van der Waals surface area (Å²) in [5.74, 6) is -0.138. The first-order chi connectivity index (χ1) is 24.7. The van der Waals surface area contributed by atoms with E-state index in [1.54, 1.807) is 24.3 Å². The maximum absolute atomic E-state index is 13.8. The van der Waals surface area contributed by atoms with E-state index in [0.717, 1.165) is 48.2 Å². The maximum Gasteiger partial charge on any atom is 0.404 e. The molecule has 1 saturated heterocycles. The zero-order chi connectivity index (χ0) is 35.7. The average molecular weight is 694 g/mol. The van der Waals surface area contributed by atoms with Crippen molar-refractivity contribution in [1.82, 2.24) is 41.1 Å². The number of aromatic amines is 1. The summed E-state index contributed by atoms with van der Waals surface area (Å²) in [6, 6.07) is 21.6. The first-order valence-electron chi connectivity index (χ1n) is 17.3. The van der Waals surface area contributed by atoms with Crippen molar-refractivity contribution in [2.75, 3.05) is 45.1 Å². The smallest absolute Gasteiger partial charge is 0.404 e. The number of benzene rings is 3. The van der Waals surface area contributed by atoms with Crippen LogP contribution in [0.25, 0.3) is 22.5 Å². The van der Waals surface area contributed by atoms with Crippen LogP contribution in [-0.2, 0) is 16.0 Å². The lowest BCUT2D eigenvalue weighted by Crippen LogP contribution is -2.48. The maximum atomic E-state index is 13.8. The van der Waals surface area contributed by atoms with Gasteiger partial charge in [0.05, 0.1) is 0 Å². The van der Waals surface area contributed by atoms with Gasteiger partial charge in [-0.3, -0.25) is 14.4 Å². The van der Waals surface area contributed by atoms with Crippen LogP contribution in [0.3, 0.4) is 0 Å². The molecule has 0 radical (unpaired) electrons. The Labute approximate surface area is 296 Å². The van der Waals surface area contributed by atoms with Crippen LogP contribution < -0.4 is 16.0 Å². The van der Waals surface area contributed by atoms with E-state index in [0.29, 0.717) is 49.6 Å². The second-order valence-corrected chi connectivity index (χ2v) is 13.4. The highest BCUT2D eigenvalue weighted by Gasteiger charge is 2.30. The number of hydrogen-bond acceptors (Lipinski definition) is 8. The van der Waals surface area contributed by atoms with E-state index in [4.69, 9.17) is 5.11 Å². The molecule has 4 aromatic rings. The van der Waals surface area contributed by atoms with Crippen molar-refractivity contribution in [1.29, 1.82) is 0 Å². The Morgan fingerprint density at radius 1 is 0.882 bits per heavy atom. The van der Waals surface area contributed by atoms with E-state index in [1.165, 1.54) is 0 Å². The molecule has 2 aliphatic rings. The van der Waals surface area contributed by atoms with Gasteiger partial charge in [0.25, 0.3) is 5.91 Å². The Hall–Kier alpha value is -5.63. The summed E-state index contributed by atoms with van der Waals surface area (Å²) in [5, 5.41) is 31.2. The molecule has 14 heteroatoms. The molecule has 2 fully saturated rings. The fourth-order valence-corrected chi connectivity index (χ4v) is 6.72. The lowest BCUT2D eigenvalue weighted by molar-refractivity contribution is -0.130. The highest BCUT2D eigenvalue weighted by atomic mass is 16.4. The van der Waals surface area contributed by atoms with Crippen LogP contribution in [0, 0.1) is 11.8 Å². The number of aromatic nitrogens is 4. The fraction of sp³-hybridized carbons (Fsp3) is 0.378. The third kappa shape index (κ3) is 9.34. The van der Waals surface area contributed by atoms with Crippen LogP contribution >= 0.6 is 0 Å². The van der Waals surface area contributed by atoms with Crippen LogP contribution in [-0.4, -0.2) is 105 Å². The Kier molecular flexibility index (Phi) is 11.3. The highest BCUT2D eigenvalue weighted by Crippen LogP contribution is 2.29. The predicted octanol–water partition coefficient (Wildman–Crippen LogP) is 3.66. The van der Waals surface area contributed by atoms with Crippen LogP contribution in [0.4, 0.5) is 10.5 Å². The standard InChI is InChI=1S/C37H43N9O5/c1-45-16-18-46(19-17-45)36(49)30-7-3-6-29(22-30)28-5-2-4-25(20-28)21-32(40-34(47)27-10-8-24(9-11-27)23-38-37(50)51)35(48)39-31-14-12-26(13-15-31)33-41-43-44-42-33/h2-7,12-15,20,22,24,27,32,38H,8-11,16-19,21,23H2,1H3,(H,39,48)(H,40,47)(H,50,51)(H,41,42,43,44)/t24-,27-,32-/m0/s1. The quantitative estimate of drug-likeness (QED) is 0.156. The van der Waals surface area contributed by atoms with Gasteiger partial charge < -0.3 is 30.9 Å². The van der Waals surface area contributed by atoms with Gasteiger partial charge in [0.1, 0.15) is 6.04 Å². The Morgan fingerprint density at radius 2 is 1.59 bits per heavy atom. The van der Waals surface area contributed by atoms with Crippen LogP contribution in [0.5, 0.6) is 0 Å². The number of piperazine rings is 1. The largest absolute Gasteiger partial charge is 0.465 e. The topological polar surface area (TPSA) is 186 Å². The molecule has 1 aliphatic carbocycles. The number of carbonyl (C=O) groups is 4. The minimum atomic E-state index is -1.05. The molecule has 1 aliphatic heterocycles. The second-order valence-electron chi connectivity index (χ2n) is 13.4. The van der Waals surface area contributed by atoms with Crippen LogP contribution in [0.1, 0.15) is 41.6 Å². The Balaban J connectivity index is 1.17. The zero-order valence-electron chi connectivity index (χ0n) is 28.5. The summed E-state index contributed by atoms with van der Waals surface area (Å²) in [7, 11) is 2.06. The normalized spacial score (nSPS) is 18.4. The average Bonchev–Trinajstić information content (AvgIpc) is 3.70. The SMILES string of the molecule is CN1CCN(C(=O)c2cccc(-c3cccc(C[C@H](NC(=O)[C@H]4CC[C@H](CNC(=O)O)CC4)C(=O)Nc4ccc(-c5nnn[nH]5)cc4)c3)c2)CC1. The van der Waals surface area contributed by atoms with Crippen molar-refractivity contribution < 1.29 is 24.3 Å².